The third-order valence-electron chi connectivity index (χ3n) is 5.31. The summed E-state index contributed by atoms with van der Waals surface area (Å²) in [4.78, 5) is 13.6. The average molecular weight is 296 g/mol. The molecule has 0 radical (unpaired) electrons. The van der Waals surface area contributed by atoms with Gasteiger partial charge in [-0.2, -0.15) is 0 Å². The zero-order chi connectivity index (χ0) is 15.2. The largest absolute Gasteiger partial charge is 0.393 e. The number of likely N-dealkylation sites (tertiary alicyclic amines) is 1. The van der Waals surface area contributed by atoms with E-state index in [1.807, 2.05) is 11.8 Å². The Morgan fingerprint density at radius 3 is 2.62 bits per heavy atom. The van der Waals surface area contributed by atoms with Gasteiger partial charge in [-0.1, -0.05) is 26.2 Å². The molecule has 1 saturated heterocycles. The van der Waals surface area contributed by atoms with Gasteiger partial charge in [-0.3, -0.25) is 4.79 Å². The molecule has 3 atom stereocenters. The van der Waals surface area contributed by atoms with E-state index in [-0.39, 0.29) is 17.9 Å². The van der Waals surface area contributed by atoms with Crippen LogP contribution in [0.4, 0.5) is 0 Å². The lowest BCUT2D eigenvalue weighted by atomic mass is 9.86. The van der Waals surface area contributed by atoms with Gasteiger partial charge in [0.2, 0.25) is 5.91 Å². The van der Waals surface area contributed by atoms with Gasteiger partial charge in [0.15, 0.2) is 0 Å². The molecule has 2 N–H and O–H groups in total. The van der Waals surface area contributed by atoms with E-state index in [1.54, 1.807) is 6.92 Å². The Labute approximate surface area is 129 Å². The van der Waals surface area contributed by atoms with Crippen molar-refractivity contribution in [2.75, 3.05) is 19.6 Å². The molecular weight excluding hydrogens is 264 g/mol. The van der Waals surface area contributed by atoms with Gasteiger partial charge >= 0.3 is 0 Å². The van der Waals surface area contributed by atoms with Crippen molar-refractivity contribution in [1.29, 1.82) is 0 Å². The number of carbonyl (C=O) groups excluding carboxylic acids is 1. The molecule has 1 saturated carbocycles. The molecule has 2 fully saturated rings. The summed E-state index contributed by atoms with van der Waals surface area (Å²) >= 11 is 0. The molecule has 2 aliphatic rings. The maximum absolute atomic E-state index is 11.7. The van der Waals surface area contributed by atoms with E-state index < -0.39 is 0 Å². The first-order valence-electron chi connectivity index (χ1n) is 8.77. The van der Waals surface area contributed by atoms with Crippen LogP contribution in [0.5, 0.6) is 0 Å². The van der Waals surface area contributed by atoms with Crippen molar-refractivity contribution in [1.82, 2.24) is 10.2 Å². The van der Waals surface area contributed by atoms with Gasteiger partial charge in [0, 0.05) is 32.0 Å². The molecule has 3 unspecified atom stereocenters. The first-order valence-corrected chi connectivity index (χ1v) is 8.77. The fourth-order valence-electron chi connectivity index (χ4n) is 3.88. The lowest BCUT2D eigenvalue weighted by Gasteiger charge is -2.40. The van der Waals surface area contributed by atoms with Gasteiger partial charge in [0.1, 0.15) is 0 Å². The van der Waals surface area contributed by atoms with Gasteiger partial charge in [-0.15, -0.1) is 0 Å². The standard InChI is InChI=1S/C17H32N2O2/c1-3-17(21)15-9-16(12-19(11-15)13(2)20)18-10-14-7-5-4-6-8-14/h14-18,21H,3-12H2,1-2H3. The Morgan fingerprint density at radius 2 is 2.00 bits per heavy atom. The fourth-order valence-corrected chi connectivity index (χ4v) is 3.88. The molecule has 4 nitrogen and oxygen atoms in total. The Balaban J connectivity index is 1.85. The molecule has 1 aliphatic heterocycles. The molecule has 0 aromatic heterocycles. The lowest BCUT2D eigenvalue weighted by molar-refractivity contribution is -0.132. The van der Waals surface area contributed by atoms with E-state index in [0.717, 1.165) is 31.8 Å². The first kappa shape index (κ1) is 16.8. The van der Waals surface area contributed by atoms with Crippen LogP contribution in [0.25, 0.3) is 0 Å². The summed E-state index contributed by atoms with van der Waals surface area (Å²) in [5.41, 5.74) is 0. The quantitative estimate of drug-likeness (QED) is 0.817. The average Bonchev–Trinajstić information content (AvgIpc) is 2.52. The maximum Gasteiger partial charge on any atom is 0.219 e. The van der Waals surface area contributed by atoms with E-state index in [2.05, 4.69) is 5.32 Å². The molecule has 2 rings (SSSR count). The normalized spacial score (nSPS) is 29.4. The number of aliphatic hydroxyl groups excluding tert-OH is 1. The minimum absolute atomic E-state index is 0.132. The highest BCUT2D eigenvalue weighted by molar-refractivity contribution is 5.73. The maximum atomic E-state index is 11.7. The number of hydrogen-bond donors (Lipinski definition) is 2. The highest BCUT2D eigenvalue weighted by atomic mass is 16.3. The predicted molar refractivity (Wildman–Crippen MR) is 85.0 cm³/mol. The van der Waals surface area contributed by atoms with E-state index in [0.29, 0.717) is 12.6 Å². The summed E-state index contributed by atoms with van der Waals surface area (Å²) in [6, 6.07) is 0.343. The number of hydrogen-bond acceptors (Lipinski definition) is 3. The van der Waals surface area contributed by atoms with E-state index in [1.165, 1.54) is 32.1 Å². The molecule has 1 heterocycles. The molecule has 0 spiro atoms. The SMILES string of the molecule is CCC(O)C1CC(NCC2CCCCC2)CN(C(C)=O)C1. The lowest BCUT2D eigenvalue weighted by Crippen LogP contribution is -2.53. The van der Waals surface area contributed by atoms with Crippen molar-refractivity contribution < 1.29 is 9.90 Å². The first-order chi connectivity index (χ1) is 10.1. The number of rotatable bonds is 5. The van der Waals surface area contributed by atoms with Crippen LogP contribution >= 0.6 is 0 Å². The van der Waals surface area contributed by atoms with Crippen LogP contribution in [0.15, 0.2) is 0 Å². The number of piperidine rings is 1. The van der Waals surface area contributed by atoms with E-state index in [4.69, 9.17) is 0 Å². The number of amides is 1. The summed E-state index contributed by atoms with van der Waals surface area (Å²) in [5.74, 6) is 1.16. The second-order valence-corrected chi connectivity index (χ2v) is 7.00. The fraction of sp³-hybridized carbons (Fsp3) is 0.941. The van der Waals surface area contributed by atoms with Crippen LogP contribution in [-0.2, 0) is 4.79 Å². The number of nitrogens with zero attached hydrogens (tertiary/aromatic N) is 1. The minimum Gasteiger partial charge on any atom is -0.393 e. The van der Waals surface area contributed by atoms with Crippen molar-refractivity contribution in [2.45, 2.75) is 70.9 Å². The molecular formula is C17H32N2O2. The highest BCUT2D eigenvalue weighted by Crippen LogP contribution is 2.25. The molecule has 21 heavy (non-hydrogen) atoms. The molecule has 0 bridgehead atoms. The molecule has 0 aromatic carbocycles. The highest BCUT2D eigenvalue weighted by Gasteiger charge is 2.32. The van der Waals surface area contributed by atoms with Gasteiger partial charge in [-0.05, 0) is 38.1 Å². The predicted octanol–water partition coefficient (Wildman–Crippen LogP) is 2.16. The van der Waals surface area contributed by atoms with Gasteiger partial charge < -0.3 is 15.3 Å². The van der Waals surface area contributed by atoms with Crippen LogP contribution in [0.2, 0.25) is 0 Å². The van der Waals surface area contributed by atoms with E-state index >= 15 is 0 Å². The van der Waals surface area contributed by atoms with Crippen LogP contribution in [-0.4, -0.2) is 47.7 Å². The van der Waals surface area contributed by atoms with Crippen molar-refractivity contribution in [3.05, 3.63) is 0 Å². The molecule has 0 aromatic rings. The van der Waals surface area contributed by atoms with Crippen LogP contribution < -0.4 is 5.32 Å². The Kier molecular flexibility index (Phi) is 6.49. The zero-order valence-corrected chi connectivity index (χ0v) is 13.7. The van der Waals surface area contributed by atoms with Crippen LogP contribution in [0.1, 0.15) is 58.8 Å². The Hall–Kier alpha value is -0.610. The smallest absolute Gasteiger partial charge is 0.219 e. The zero-order valence-electron chi connectivity index (χ0n) is 13.7. The summed E-state index contributed by atoms with van der Waals surface area (Å²) in [5, 5.41) is 13.8. The summed E-state index contributed by atoms with van der Waals surface area (Å²) in [7, 11) is 0. The van der Waals surface area contributed by atoms with Crippen molar-refractivity contribution >= 4 is 5.91 Å². The molecule has 4 heteroatoms. The third-order valence-corrected chi connectivity index (χ3v) is 5.31. The van der Waals surface area contributed by atoms with Crippen LogP contribution in [0.3, 0.4) is 0 Å². The van der Waals surface area contributed by atoms with Gasteiger partial charge in [0.05, 0.1) is 6.10 Å². The molecule has 1 amide bonds. The van der Waals surface area contributed by atoms with Crippen molar-refractivity contribution in [3.63, 3.8) is 0 Å². The number of nitrogens with one attached hydrogen (secondary N) is 1. The number of aliphatic hydroxyl groups is 1. The Bertz CT molecular complexity index is 329. The second-order valence-electron chi connectivity index (χ2n) is 7.00. The third kappa shape index (κ3) is 4.96. The number of carbonyl (C=O) groups is 1. The molecule has 122 valence electrons. The van der Waals surface area contributed by atoms with Crippen molar-refractivity contribution in [3.8, 4) is 0 Å². The van der Waals surface area contributed by atoms with Gasteiger partial charge in [0.25, 0.3) is 0 Å². The summed E-state index contributed by atoms with van der Waals surface area (Å²) in [6.07, 6.45) is 8.29. The van der Waals surface area contributed by atoms with Crippen molar-refractivity contribution in [2.24, 2.45) is 11.8 Å². The second kappa shape index (κ2) is 8.14. The van der Waals surface area contributed by atoms with Crippen LogP contribution in [0, 0.1) is 11.8 Å². The Morgan fingerprint density at radius 1 is 1.29 bits per heavy atom. The summed E-state index contributed by atoms with van der Waals surface area (Å²) in [6.45, 7) is 6.24. The van der Waals surface area contributed by atoms with Gasteiger partial charge in [-0.25, -0.2) is 0 Å². The molecule has 1 aliphatic carbocycles. The minimum atomic E-state index is -0.286. The van der Waals surface area contributed by atoms with E-state index in [9.17, 15) is 9.90 Å². The topological polar surface area (TPSA) is 52.6 Å². The monoisotopic (exact) mass is 296 g/mol. The summed E-state index contributed by atoms with van der Waals surface area (Å²) < 4.78 is 0.